The molecule has 0 fully saturated rings. The molecule has 0 saturated carbocycles. The van der Waals surface area contributed by atoms with Crippen LogP contribution in [-0.4, -0.2) is 19.9 Å². The summed E-state index contributed by atoms with van der Waals surface area (Å²) < 4.78 is 0. The molecule has 0 atom stereocenters. The van der Waals surface area contributed by atoms with Gasteiger partial charge >= 0.3 is 0 Å². The summed E-state index contributed by atoms with van der Waals surface area (Å²) >= 11 is 0. The molecule has 0 saturated heterocycles. The van der Waals surface area contributed by atoms with E-state index in [0.29, 0.717) is 5.82 Å². The minimum Gasteiger partial charge on any atom is -0.253 e. The van der Waals surface area contributed by atoms with Gasteiger partial charge in [0.2, 0.25) is 0 Å². The van der Waals surface area contributed by atoms with Gasteiger partial charge in [-0.1, -0.05) is 18.2 Å². The molecule has 0 aliphatic carbocycles. The maximum atomic E-state index is 4.59. The zero-order valence-corrected chi connectivity index (χ0v) is 10.6. The van der Waals surface area contributed by atoms with Gasteiger partial charge in [0.15, 0.2) is 5.82 Å². The summed E-state index contributed by atoms with van der Waals surface area (Å²) in [6, 6.07) is 13.8. The third-order valence-electron chi connectivity index (χ3n) is 3.22. The van der Waals surface area contributed by atoms with Crippen molar-refractivity contribution >= 4 is 21.9 Å². The number of nitrogens with zero attached hydrogens (tertiary/aromatic N) is 4. The molecule has 0 aliphatic rings. The van der Waals surface area contributed by atoms with Gasteiger partial charge in [-0.2, -0.15) is 0 Å². The highest BCUT2D eigenvalue weighted by Gasteiger charge is 2.05. The Balaban J connectivity index is 1.91. The van der Waals surface area contributed by atoms with E-state index >= 15 is 0 Å². The fourth-order valence-electron chi connectivity index (χ4n) is 2.21. The third kappa shape index (κ3) is 1.78. The molecule has 0 spiro atoms. The molecular weight excluding hydrogens is 248 g/mol. The van der Waals surface area contributed by atoms with Crippen LogP contribution in [-0.2, 0) is 0 Å². The smallest absolute Gasteiger partial charge is 0.159 e. The number of fused-ring (bicyclic) bond motifs is 2. The van der Waals surface area contributed by atoms with Crippen molar-refractivity contribution < 1.29 is 0 Å². The zero-order valence-electron chi connectivity index (χ0n) is 10.6. The Hall–Kier alpha value is -2.88. The van der Waals surface area contributed by atoms with Crippen molar-refractivity contribution in [3.05, 3.63) is 61.1 Å². The third-order valence-corrected chi connectivity index (χ3v) is 3.22. The Bertz CT molecular complexity index is 841. The summed E-state index contributed by atoms with van der Waals surface area (Å²) in [5.74, 6) is 0.705. The van der Waals surface area contributed by atoms with Gasteiger partial charge in [-0.25, -0.2) is 9.97 Å². The number of aromatic nitrogens is 4. The van der Waals surface area contributed by atoms with Gasteiger partial charge in [-0.05, 0) is 24.3 Å². The summed E-state index contributed by atoms with van der Waals surface area (Å²) in [7, 11) is 0. The fourth-order valence-corrected chi connectivity index (χ4v) is 2.21. The Morgan fingerprint density at radius 1 is 0.700 bits per heavy atom. The molecule has 0 aliphatic heterocycles. The van der Waals surface area contributed by atoms with Crippen molar-refractivity contribution in [1.29, 1.82) is 0 Å². The van der Waals surface area contributed by atoms with E-state index in [1.807, 2.05) is 48.7 Å². The van der Waals surface area contributed by atoms with Crippen LogP contribution in [0.4, 0.5) is 0 Å². The monoisotopic (exact) mass is 258 g/mol. The number of hydrogen-bond acceptors (Lipinski definition) is 4. The summed E-state index contributed by atoms with van der Waals surface area (Å²) in [5, 5.41) is 1.04. The van der Waals surface area contributed by atoms with Crippen LogP contribution >= 0.6 is 0 Å². The van der Waals surface area contributed by atoms with Gasteiger partial charge in [-0.3, -0.25) is 9.97 Å². The molecule has 2 heterocycles. The predicted octanol–water partition coefficient (Wildman–Crippen LogP) is 3.24. The largest absolute Gasteiger partial charge is 0.253 e. The molecule has 0 unspecified atom stereocenters. The maximum absolute atomic E-state index is 4.59. The molecule has 0 amide bonds. The fraction of sp³-hybridized carbons (Fsp3) is 0. The second-order valence-corrected chi connectivity index (χ2v) is 4.51. The first kappa shape index (κ1) is 11.0. The molecular formula is C16H10N4. The minimum atomic E-state index is 0.705. The van der Waals surface area contributed by atoms with E-state index in [9.17, 15) is 0 Å². The molecule has 0 N–H and O–H groups in total. The van der Waals surface area contributed by atoms with Crippen molar-refractivity contribution in [1.82, 2.24) is 19.9 Å². The van der Waals surface area contributed by atoms with E-state index < -0.39 is 0 Å². The number of para-hydroxylation sites is 1. The Morgan fingerprint density at radius 3 is 2.50 bits per heavy atom. The minimum absolute atomic E-state index is 0.705. The van der Waals surface area contributed by atoms with Crippen LogP contribution < -0.4 is 0 Å². The lowest BCUT2D eigenvalue weighted by atomic mass is 10.1. The molecule has 4 nitrogen and oxygen atoms in total. The molecule has 2 aromatic heterocycles. The standard InChI is InChI=1S/C16H10N4/c1-2-4-13-12(3-1)10-19-16(20-13)11-5-6-14-15(9-11)18-8-7-17-14/h1-10H. The zero-order chi connectivity index (χ0) is 13.4. The average molecular weight is 258 g/mol. The summed E-state index contributed by atoms with van der Waals surface area (Å²) in [4.78, 5) is 17.6. The van der Waals surface area contributed by atoms with E-state index in [4.69, 9.17) is 0 Å². The van der Waals surface area contributed by atoms with Crippen molar-refractivity contribution in [3.8, 4) is 11.4 Å². The number of hydrogen-bond donors (Lipinski definition) is 0. The molecule has 4 rings (SSSR count). The van der Waals surface area contributed by atoms with Crippen molar-refractivity contribution in [3.63, 3.8) is 0 Å². The predicted molar refractivity (Wildman–Crippen MR) is 78.1 cm³/mol. The first-order chi connectivity index (χ1) is 9.90. The highest BCUT2D eigenvalue weighted by Crippen LogP contribution is 2.21. The molecule has 4 heteroatoms. The lowest BCUT2D eigenvalue weighted by molar-refractivity contribution is 1.22. The first-order valence-corrected chi connectivity index (χ1v) is 6.33. The normalized spacial score (nSPS) is 11.0. The van der Waals surface area contributed by atoms with Crippen LogP contribution in [0.15, 0.2) is 61.1 Å². The first-order valence-electron chi connectivity index (χ1n) is 6.33. The maximum Gasteiger partial charge on any atom is 0.159 e. The van der Waals surface area contributed by atoms with Crippen LogP contribution in [0.2, 0.25) is 0 Å². The molecule has 4 aromatic rings. The number of benzene rings is 2. The second kappa shape index (κ2) is 4.35. The van der Waals surface area contributed by atoms with E-state index in [1.54, 1.807) is 12.4 Å². The lowest BCUT2D eigenvalue weighted by Gasteiger charge is -2.03. The Kier molecular flexibility index (Phi) is 2.39. The van der Waals surface area contributed by atoms with Crippen LogP contribution in [0, 0.1) is 0 Å². The van der Waals surface area contributed by atoms with Crippen molar-refractivity contribution in [2.45, 2.75) is 0 Å². The second-order valence-electron chi connectivity index (χ2n) is 4.51. The molecule has 0 radical (unpaired) electrons. The molecule has 94 valence electrons. The van der Waals surface area contributed by atoms with E-state index in [0.717, 1.165) is 27.5 Å². The average Bonchev–Trinajstić information content (AvgIpc) is 2.54. The van der Waals surface area contributed by atoms with E-state index in [-0.39, 0.29) is 0 Å². The highest BCUT2D eigenvalue weighted by atomic mass is 14.9. The molecule has 20 heavy (non-hydrogen) atoms. The van der Waals surface area contributed by atoms with Crippen molar-refractivity contribution in [2.75, 3.05) is 0 Å². The van der Waals surface area contributed by atoms with Gasteiger partial charge in [0.25, 0.3) is 0 Å². The quantitative estimate of drug-likeness (QED) is 0.526. The Labute approximate surface area is 115 Å². The van der Waals surface area contributed by atoms with Gasteiger partial charge < -0.3 is 0 Å². The summed E-state index contributed by atoms with van der Waals surface area (Å²) in [5.41, 5.74) is 3.61. The van der Waals surface area contributed by atoms with Crippen LogP contribution in [0.3, 0.4) is 0 Å². The van der Waals surface area contributed by atoms with Crippen molar-refractivity contribution in [2.24, 2.45) is 0 Å². The van der Waals surface area contributed by atoms with Crippen LogP contribution in [0.1, 0.15) is 0 Å². The van der Waals surface area contributed by atoms with Gasteiger partial charge in [0.05, 0.1) is 16.6 Å². The van der Waals surface area contributed by atoms with Crippen LogP contribution in [0.5, 0.6) is 0 Å². The molecule has 0 bridgehead atoms. The summed E-state index contributed by atoms with van der Waals surface area (Å²) in [6.07, 6.45) is 5.22. The van der Waals surface area contributed by atoms with E-state index in [1.165, 1.54) is 0 Å². The molecule has 2 aromatic carbocycles. The Morgan fingerprint density at radius 2 is 1.55 bits per heavy atom. The topological polar surface area (TPSA) is 51.6 Å². The van der Waals surface area contributed by atoms with Gasteiger partial charge in [-0.15, -0.1) is 0 Å². The van der Waals surface area contributed by atoms with Gasteiger partial charge in [0.1, 0.15) is 0 Å². The number of rotatable bonds is 1. The SMILES string of the molecule is c1ccc2nc(-c3ccc4nccnc4c3)ncc2c1. The van der Waals surface area contributed by atoms with E-state index in [2.05, 4.69) is 19.9 Å². The lowest BCUT2D eigenvalue weighted by Crippen LogP contribution is -1.90. The summed E-state index contributed by atoms with van der Waals surface area (Å²) in [6.45, 7) is 0. The van der Waals surface area contributed by atoms with Gasteiger partial charge in [0, 0.05) is 29.5 Å². The highest BCUT2D eigenvalue weighted by molar-refractivity contribution is 5.82. The van der Waals surface area contributed by atoms with Crippen LogP contribution in [0.25, 0.3) is 33.3 Å².